The zero-order valence-corrected chi connectivity index (χ0v) is 14.6. The Hall–Kier alpha value is -2.08. The highest BCUT2D eigenvalue weighted by Gasteiger charge is 2.43. The molecule has 2 amide bonds. The molecule has 1 heterocycles. The van der Waals surface area contributed by atoms with Gasteiger partial charge in [-0.1, -0.05) is 24.6 Å². The van der Waals surface area contributed by atoms with Gasteiger partial charge in [0.25, 0.3) is 0 Å². The van der Waals surface area contributed by atoms with Gasteiger partial charge < -0.3 is 19.7 Å². The highest BCUT2D eigenvalue weighted by atomic mass is 16.5. The Morgan fingerprint density at radius 1 is 1.24 bits per heavy atom. The molecule has 0 radical (unpaired) electrons. The summed E-state index contributed by atoms with van der Waals surface area (Å²) in [5.41, 5.74) is 0. The third-order valence-corrected chi connectivity index (χ3v) is 4.95. The van der Waals surface area contributed by atoms with Crippen molar-refractivity contribution >= 4 is 11.8 Å². The van der Waals surface area contributed by atoms with Gasteiger partial charge in [0.2, 0.25) is 11.8 Å². The number of ether oxygens (including phenoxy) is 2. The van der Waals surface area contributed by atoms with Gasteiger partial charge in [-0.05, 0) is 25.0 Å². The van der Waals surface area contributed by atoms with Crippen LogP contribution in [-0.2, 0) is 14.3 Å². The van der Waals surface area contributed by atoms with Crippen LogP contribution in [0.15, 0.2) is 30.3 Å². The summed E-state index contributed by atoms with van der Waals surface area (Å²) in [6.45, 7) is 1.37. The summed E-state index contributed by atoms with van der Waals surface area (Å²) < 4.78 is 11.0. The van der Waals surface area contributed by atoms with Crippen LogP contribution in [0.5, 0.6) is 5.75 Å². The summed E-state index contributed by atoms with van der Waals surface area (Å²) in [6, 6.07) is 9.08. The fraction of sp³-hybridized carbons (Fsp3) is 0.579. The van der Waals surface area contributed by atoms with Crippen molar-refractivity contribution in [2.24, 2.45) is 5.92 Å². The van der Waals surface area contributed by atoms with E-state index in [-0.39, 0.29) is 23.8 Å². The molecule has 1 aromatic carbocycles. The first-order valence-corrected chi connectivity index (χ1v) is 8.98. The largest absolute Gasteiger partial charge is 0.488 e. The molecular formula is C19H26N2O4. The minimum Gasteiger partial charge on any atom is -0.488 e. The number of nitrogens with zero attached hydrogens (tertiary/aromatic N) is 1. The normalized spacial score (nSPS) is 23.2. The minimum atomic E-state index is -0.460. The van der Waals surface area contributed by atoms with Crippen LogP contribution in [0.4, 0.5) is 0 Å². The molecule has 1 aromatic rings. The zero-order valence-electron chi connectivity index (χ0n) is 14.6. The van der Waals surface area contributed by atoms with Gasteiger partial charge in [-0.25, -0.2) is 0 Å². The lowest BCUT2D eigenvalue weighted by atomic mass is 9.84. The quantitative estimate of drug-likeness (QED) is 0.762. The van der Waals surface area contributed by atoms with Crippen molar-refractivity contribution in [3.8, 4) is 5.75 Å². The fourth-order valence-corrected chi connectivity index (χ4v) is 3.35. The standard InChI is InChI=1S/C19H26N2O4/c1-24-11-10-20-18(22)17-12-16(25-15-8-3-2-4-9-15)13-21(17)19(23)14-6-5-7-14/h2-4,8-9,14,16-17H,5-7,10-13H2,1H3,(H,20,22)/t16-,17-/m0/s1. The number of amides is 2. The summed E-state index contributed by atoms with van der Waals surface area (Å²) in [4.78, 5) is 27.0. The zero-order chi connectivity index (χ0) is 17.6. The van der Waals surface area contributed by atoms with Crippen LogP contribution < -0.4 is 10.1 Å². The lowest BCUT2D eigenvalue weighted by Crippen LogP contribution is -2.49. The summed E-state index contributed by atoms with van der Waals surface area (Å²) in [5, 5.41) is 2.86. The third-order valence-electron chi connectivity index (χ3n) is 4.95. The molecular weight excluding hydrogens is 320 g/mol. The van der Waals surface area contributed by atoms with E-state index >= 15 is 0 Å². The van der Waals surface area contributed by atoms with Crippen LogP contribution in [0.1, 0.15) is 25.7 Å². The van der Waals surface area contributed by atoms with E-state index in [2.05, 4.69) is 5.32 Å². The maximum atomic E-state index is 12.7. The second-order valence-corrected chi connectivity index (χ2v) is 6.71. The van der Waals surface area contributed by atoms with E-state index in [1.54, 1.807) is 12.0 Å². The number of likely N-dealkylation sites (tertiary alicyclic amines) is 1. The molecule has 6 nitrogen and oxygen atoms in total. The van der Waals surface area contributed by atoms with E-state index in [4.69, 9.17) is 9.47 Å². The Morgan fingerprint density at radius 3 is 2.64 bits per heavy atom. The number of carbonyl (C=O) groups is 2. The summed E-state index contributed by atoms with van der Waals surface area (Å²) >= 11 is 0. The number of benzene rings is 1. The average molecular weight is 346 g/mol. The molecule has 25 heavy (non-hydrogen) atoms. The molecule has 1 saturated carbocycles. The summed E-state index contributed by atoms with van der Waals surface area (Å²) in [7, 11) is 1.60. The van der Waals surface area contributed by atoms with E-state index in [1.165, 1.54) is 0 Å². The van der Waals surface area contributed by atoms with Crippen molar-refractivity contribution in [2.75, 3.05) is 26.8 Å². The van der Waals surface area contributed by atoms with E-state index in [0.717, 1.165) is 25.0 Å². The van der Waals surface area contributed by atoms with E-state index in [1.807, 2.05) is 30.3 Å². The lowest BCUT2D eigenvalue weighted by molar-refractivity contribution is -0.143. The number of hydrogen-bond donors (Lipinski definition) is 1. The minimum absolute atomic E-state index is 0.0738. The predicted molar refractivity (Wildman–Crippen MR) is 93.2 cm³/mol. The second-order valence-electron chi connectivity index (χ2n) is 6.71. The van der Waals surface area contributed by atoms with Gasteiger partial charge in [-0.3, -0.25) is 9.59 Å². The first-order chi connectivity index (χ1) is 12.2. The first kappa shape index (κ1) is 17.7. The number of methoxy groups -OCH3 is 1. The van der Waals surface area contributed by atoms with Crippen LogP contribution >= 0.6 is 0 Å². The Labute approximate surface area is 148 Å². The number of nitrogens with one attached hydrogen (secondary N) is 1. The molecule has 0 aromatic heterocycles. The van der Waals surface area contributed by atoms with Gasteiger partial charge in [-0.2, -0.15) is 0 Å². The van der Waals surface area contributed by atoms with Crippen molar-refractivity contribution in [3.63, 3.8) is 0 Å². The Kier molecular flexibility index (Phi) is 5.91. The Bertz CT molecular complexity index is 588. The average Bonchev–Trinajstić information content (AvgIpc) is 2.98. The van der Waals surface area contributed by atoms with Crippen molar-refractivity contribution in [1.29, 1.82) is 0 Å². The van der Waals surface area contributed by atoms with Crippen LogP contribution in [0.3, 0.4) is 0 Å². The highest BCUT2D eigenvalue weighted by molar-refractivity contribution is 5.89. The smallest absolute Gasteiger partial charge is 0.243 e. The SMILES string of the molecule is COCCNC(=O)[C@@H]1C[C@H](Oc2ccccc2)CN1C(=O)C1CCC1. The van der Waals surface area contributed by atoms with E-state index < -0.39 is 6.04 Å². The van der Waals surface area contributed by atoms with Crippen molar-refractivity contribution in [1.82, 2.24) is 10.2 Å². The third kappa shape index (κ3) is 4.31. The Balaban J connectivity index is 1.65. The summed E-state index contributed by atoms with van der Waals surface area (Å²) in [5.74, 6) is 0.815. The van der Waals surface area contributed by atoms with Crippen LogP contribution in [0.25, 0.3) is 0 Å². The lowest BCUT2D eigenvalue weighted by Gasteiger charge is -2.32. The number of hydrogen-bond acceptors (Lipinski definition) is 4. The molecule has 3 rings (SSSR count). The van der Waals surface area contributed by atoms with Crippen molar-refractivity contribution in [2.45, 2.75) is 37.8 Å². The Morgan fingerprint density at radius 2 is 2.00 bits per heavy atom. The van der Waals surface area contributed by atoms with Gasteiger partial charge in [0.15, 0.2) is 0 Å². The highest BCUT2D eigenvalue weighted by Crippen LogP contribution is 2.32. The maximum Gasteiger partial charge on any atom is 0.243 e. The van der Waals surface area contributed by atoms with Crippen molar-refractivity contribution in [3.05, 3.63) is 30.3 Å². The molecule has 0 bridgehead atoms. The van der Waals surface area contributed by atoms with Gasteiger partial charge in [0.1, 0.15) is 17.9 Å². The fourth-order valence-electron chi connectivity index (χ4n) is 3.35. The van der Waals surface area contributed by atoms with Gasteiger partial charge in [0.05, 0.1) is 13.2 Å². The molecule has 2 fully saturated rings. The van der Waals surface area contributed by atoms with Crippen LogP contribution in [0, 0.1) is 5.92 Å². The predicted octanol–water partition coefficient (Wildman–Crippen LogP) is 1.60. The molecule has 1 saturated heterocycles. The molecule has 2 aliphatic rings. The molecule has 1 N–H and O–H groups in total. The molecule has 0 unspecified atom stereocenters. The van der Waals surface area contributed by atoms with E-state index in [9.17, 15) is 9.59 Å². The van der Waals surface area contributed by atoms with Crippen LogP contribution in [0.2, 0.25) is 0 Å². The molecule has 2 atom stereocenters. The number of carbonyl (C=O) groups excluding carboxylic acids is 2. The first-order valence-electron chi connectivity index (χ1n) is 8.98. The van der Waals surface area contributed by atoms with Crippen molar-refractivity contribution < 1.29 is 19.1 Å². The second kappa shape index (κ2) is 8.34. The van der Waals surface area contributed by atoms with Gasteiger partial charge in [0, 0.05) is 26.0 Å². The number of para-hydroxylation sites is 1. The van der Waals surface area contributed by atoms with Gasteiger partial charge >= 0.3 is 0 Å². The monoisotopic (exact) mass is 346 g/mol. The molecule has 6 heteroatoms. The van der Waals surface area contributed by atoms with E-state index in [0.29, 0.717) is 26.1 Å². The molecule has 0 spiro atoms. The van der Waals surface area contributed by atoms with Gasteiger partial charge in [-0.15, -0.1) is 0 Å². The maximum absolute atomic E-state index is 12.7. The van der Waals surface area contributed by atoms with Crippen LogP contribution in [-0.4, -0.2) is 55.7 Å². The number of rotatable bonds is 7. The molecule has 136 valence electrons. The topological polar surface area (TPSA) is 67.9 Å². The summed E-state index contributed by atoms with van der Waals surface area (Å²) in [6.07, 6.45) is 3.31. The molecule has 1 aliphatic heterocycles. The molecule has 1 aliphatic carbocycles.